The van der Waals surface area contributed by atoms with E-state index >= 15 is 0 Å². The topological polar surface area (TPSA) is 45.3 Å². The van der Waals surface area contributed by atoms with E-state index in [1.165, 1.54) is 6.07 Å². The highest BCUT2D eigenvalue weighted by Crippen LogP contribution is 2.29. The maximum Gasteiger partial charge on any atom is 0.227 e. The van der Waals surface area contributed by atoms with Crippen molar-refractivity contribution in [3.05, 3.63) is 65.6 Å². The summed E-state index contributed by atoms with van der Waals surface area (Å²) >= 11 is 0. The second-order valence-electron chi connectivity index (χ2n) is 7.16. The SMILES string of the molecule is COc1ccc(CC(=O)N2CCCC(c3cc4cc(F)ccc4[nH]3)C2)cc1. The van der Waals surface area contributed by atoms with Crippen molar-refractivity contribution in [3.63, 3.8) is 0 Å². The van der Waals surface area contributed by atoms with Crippen molar-refractivity contribution in [2.45, 2.75) is 25.2 Å². The average molecular weight is 366 g/mol. The van der Waals surface area contributed by atoms with Crippen LogP contribution in [0.1, 0.15) is 30.0 Å². The Balaban J connectivity index is 1.45. The standard InChI is InChI=1S/C22H23FN2O2/c1-27-19-7-4-15(5-8-19)11-22(26)25-10-2-3-16(14-25)21-13-17-12-18(23)6-9-20(17)24-21/h4-9,12-13,16,24H,2-3,10-11,14H2,1H3. The van der Waals surface area contributed by atoms with Crippen LogP contribution in [-0.4, -0.2) is 36.0 Å². The summed E-state index contributed by atoms with van der Waals surface area (Å²) in [5, 5.41) is 0.881. The molecule has 4 rings (SSSR count). The number of rotatable bonds is 4. The molecular weight excluding hydrogens is 343 g/mol. The summed E-state index contributed by atoms with van der Waals surface area (Å²) in [6.45, 7) is 1.49. The third-order valence-corrected chi connectivity index (χ3v) is 5.33. The largest absolute Gasteiger partial charge is 0.497 e. The first-order chi connectivity index (χ1) is 13.1. The molecular formula is C22H23FN2O2. The molecule has 1 aliphatic rings. The Bertz CT molecular complexity index is 949. The Morgan fingerprint density at radius 2 is 2.04 bits per heavy atom. The number of hydrogen-bond donors (Lipinski definition) is 1. The highest BCUT2D eigenvalue weighted by molar-refractivity contribution is 5.81. The number of fused-ring (bicyclic) bond motifs is 1. The van der Waals surface area contributed by atoms with Gasteiger partial charge in [-0.3, -0.25) is 4.79 Å². The Morgan fingerprint density at radius 3 is 2.81 bits per heavy atom. The van der Waals surface area contributed by atoms with Crippen molar-refractivity contribution in [3.8, 4) is 5.75 Å². The molecule has 0 bridgehead atoms. The smallest absolute Gasteiger partial charge is 0.227 e. The van der Waals surface area contributed by atoms with Crippen LogP contribution in [-0.2, 0) is 11.2 Å². The second-order valence-corrected chi connectivity index (χ2v) is 7.16. The number of methoxy groups -OCH3 is 1. The van der Waals surface area contributed by atoms with Crippen LogP contribution >= 0.6 is 0 Å². The molecule has 1 saturated heterocycles. The highest BCUT2D eigenvalue weighted by Gasteiger charge is 2.25. The van der Waals surface area contributed by atoms with Crippen LogP contribution in [0.3, 0.4) is 0 Å². The van der Waals surface area contributed by atoms with Gasteiger partial charge < -0.3 is 14.6 Å². The maximum atomic E-state index is 13.4. The van der Waals surface area contributed by atoms with Gasteiger partial charge in [0.2, 0.25) is 5.91 Å². The van der Waals surface area contributed by atoms with Crippen molar-refractivity contribution in [1.29, 1.82) is 0 Å². The number of hydrogen-bond acceptors (Lipinski definition) is 2. The molecule has 3 aromatic rings. The van der Waals surface area contributed by atoms with Crippen LogP contribution in [0.4, 0.5) is 4.39 Å². The van der Waals surface area contributed by atoms with E-state index in [0.29, 0.717) is 13.0 Å². The fraction of sp³-hybridized carbons (Fsp3) is 0.318. The molecule has 0 aliphatic carbocycles. The number of halogens is 1. The van der Waals surface area contributed by atoms with Crippen molar-refractivity contribution < 1.29 is 13.9 Å². The van der Waals surface area contributed by atoms with Crippen LogP contribution < -0.4 is 4.74 Å². The number of H-pyrrole nitrogens is 1. The molecule has 1 unspecified atom stereocenters. The van der Waals surface area contributed by atoms with Gasteiger partial charge in [0.05, 0.1) is 13.5 Å². The number of likely N-dealkylation sites (tertiary alicyclic amines) is 1. The molecule has 1 atom stereocenters. The quantitative estimate of drug-likeness (QED) is 0.750. The van der Waals surface area contributed by atoms with Gasteiger partial charge in [-0.1, -0.05) is 12.1 Å². The molecule has 1 fully saturated rings. The number of piperidine rings is 1. The zero-order valence-electron chi connectivity index (χ0n) is 15.4. The number of carbonyl (C=O) groups excluding carboxylic acids is 1. The summed E-state index contributed by atoms with van der Waals surface area (Å²) in [7, 11) is 1.63. The van der Waals surface area contributed by atoms with Gasteiger partial charge in [0, 0.05) is 35.6 Å². The number of aromatic nitrogens is 1. The minimum atomic E-state index is -0.229. The van der Waals surface area contributed by atoms with Gasteiger partial charge in [0.25, 0.3) is 0 Å². The summed E-state index contributed by atoms with van der Waals surface area (Å²) < 4.78 is 18.6. The summed E-state index contributed by atoms with van der Waals surface area (Å²) in [5.74, 6) is 0.966. The number of benzene rings is 2. The van der Waals surface area contributed by atoms with Crippen molar-refractivity contribution in [2.24, 2.45) is 0 Å². The first-order valence-electron chi connectivity index (χ1n) is 9.31. The number of nitrogens with one attached hydrogen (secondary N) is 1. The number of amides is 1. The minimum absolute atomic E-state index is 0.145. The lowest BCUT2D eigenvalue weighted by Crippen LogP contribution is -2.40. The summed E-state index contributed by atoms with van der Waals surface area (Å²) in [5.41, 5.74) is 3.01. The molecule has 0 spiro atoms. The highest BCUT2D eigenvalue weighted by atomic mass is 19.1. The molecule has 2 heterocycles. The van der Waals surface area contributed by atoms with Gasteiger partial charge in [-0.25, -0.2) is 4.39 Å². The fourth-order valence-electron chi connectivity index (χ4n) is 3.83. The van der Waals surface area contributed by atoms with Gasteiger partial charge in [-0.2, -0.15) is 0 Å². The van der Waals surface area contributed by atoms with Gasteiger partial charge in [-0.15, -0.1) is 0 Å². The maximum absolute atomic E-state index is 13.4. The van der Waals surface area contributed by atoms with Crippen molar-refractivity contribution in [2.75, 3.05) is 20.2 Å². The first kappa shape index (κ1) is 17.6. The van der Waals surface area contributed by atoms with Gasteiger partial charge >= 0.3 is 0 Å². The van der Waals surface area contributed by atoms with E-state index < -0.39 is 0 Å². The summed E-state index contributed by atoms with van der Waals surface area (Å²) in [4.78, 5) is 18.1. The fourth-order valence-corrected chi connectivity index (χ4v) is 3.83. The Morgan fingerprint density at radius 1 is 1.22 bits per heavy atom. The van der Waals surface area contributed by atoms with E-state index in [-0.39, 0.29) is 17.6 Å². The molecule has 0 saturated carbocycles. The van der Waals surface area contributed by atoms with Gasteiger partial charge in [0.1, 0.15) is 11.6 Å². The molecule has 0 radical (unpaired) electrons. The Hall–Kier alpha value is -2.82. The Kier molecular flexibility index (Phi) is 4.84. The molecule has 1 aliphatic heterocycles. The third kappa shape index (κ3) is 3.82. The third-order valence-electron chi connectivity index (χ3n) is 5.33. The summed E-state index contributed by atoms with van der Waals surface area (Å²) in [6.07, 6.45) is 2.40. The van der Waals surface area contributed by atoms with Crippen LogP contribution in [0, 0.1) is 5.82 Å². The lowest BCUT2D eigenvalue weighted by Gasteiger charge is -2.32. The molecule has 140 valence electrons. The number of nitrogens with zero attached hydrogens (tertiary/aromatic N) is 1. The lowest BCUT2D eigenvalue weighted by atomic mass is 9.94. The lowest BCUT2D eigenvalue weighted by molar-refractivity contribution is -0.131. The van der Waals surface area contributed by atoms with E-state index in [0.717, 1.165) is 47.3 Å². The van der Waals surface area contributed by atoms with E-state index in [9.17, 15) is 9.18 Å². The molecule has 5 heteroatoms. The average Bonchev–Trinajstić information content (AvgIpc) is 3.12. The second kappa shape index (κ2) is 7.43. The zero-order chi connectivity index (χ0) is 18.8. The Labute approximate surface area is 157 Å². The van der Waals surface area contributed by atoms with Crippen molar-refractivity contribution >= 4 is 16.8 Å². The van der Waals surface area contributed by atoms with Crippen LogP contribution in [0.5, 0.6) is 5.75 Å². The van der Waals surface area contributed by atoms with Gasteiger partial charge in [0.15, 0.2) is 0 Å². The van der Waals surface area contributed by atoms with E-state index in [2.05, 4.69) is 4.98 Å². The monoisotopic (exact) mass is 366 g/mol. The van der Waals surface area contributed by atoms with Crippen LogP contribution in [0.15, 0.2) is 48.5 Å². The molecule has 4 nitrogen and oxygen atoms in total. The number of ether oxygens (including phenoxy) is 1. The van der Waals surface area contributed by atoms with Crippen molar-refractivity contribution in [1.82, 2.24) is 9.88 Å². The van der Waals surface area contributed by atoms with E-state index in [4.69, 9.17) is 4.74 Å². The first-order valence-corrected chi connectivity index (χ1v) is 9.31. The number of carbonyl (C=O) groups is 1. The van der Waals surface area contributed by atoms with E-state index in [1.807, 2.05) is 35.2 Å². The zero-order valence-corrected chi connectivity index (χ0v) is 15.4. The minimum Gasteiger partial charge on any atom is -0.497 e. The number of aromatic amines is 1. The molecule has 1 N–H and O–H groups in total. The normalized spacial score (nSPS) is 17.3. The van der Waals surface area contributed by atoms with Crippen LogP contribution in [0.25, 0.3) is 10.9 Å². The summed E-state index contributed by atoms with van der Waals surface area (Å²) in [6, 6.07) is 14.4. The molecule has 1 amide bonds. The molecule has 1 aromatic heterocycles. The van der Waals surface area contributed by atoms with Gasteiger partial charge in [-0.05, 0) is 54.8 Å². The predicted molar refractivity (Wildman–Crippen MR) is 104 cm³/mol. The molecule has 27 heavy (non-hydrogen) atoms. The van der Waals surface area contributed by atoms with E-state index in [1.54, 1.807) is 19.2 Å². The van der Waals surface area contributed by atoms with Crippen LogP contribution in [0.2, 0.25) is 0 Å². The molecule has 2 aromatic carbocycles. The predicted octanol–water partition coefficient (Wildman–Crippen LogP) is 4.26.